The smallest absolute Gasteiger partial charge is 0.0858 e. The van der Waals surface area contributed by atoms with Crippen LogP contribution in [0.25, 0.3) is 0 Å². The van der Waals surface area contributed by atoms with E-state index in [2.05, 4.69) is 48.2 Å². The molecule has 2 atom stereocenters. The summed E-state index contributed by atoms with van der Waals surface area (Å²) in [4.78, 5) is 3.57. The summed E-state index contributed by atoms with van der Waals surface area (Å²) in [6.07, 6.45) is 4.90. The molecule has 2 aliphatic rings. The van der Waals surface area contributed by atoms with Crippen LogP contribution in [0.3, 0.4) is 0 Å². The van der Waals surface area contributed by atoms with Crippen molar-refractivity contribution in [2.24, 2.45) is 11.8 Å². The average molecular weight is 257 g/mol. The minimum Gasteiger partial charge on any atom is -0.361 e. The summed E-state index contributed by atoms with van der Waals surface area (Å²) < 4.78 is 0. The number of benzene rings is 1. The second-order valence-electron chi connectivity index (χ2n) is 5.47. The lowest BCUT2D eigenvalue weighted by atomic mass is 9.81. The topological polar surface area (TPSA) is 3.24 Å². The predicted octanol–water partition coefficient (Wildman–Crippen LogP) is 3.80. The summed E-state index contributed by atoms with van der Waals surface area (Å²) in [5.74, 6) is 1.30. The standard InChI is InChI=1S/C16H19NS/c1-12-6-5-9-14-11-17(16(18)15(12)14)10-13-7-3-2-4-8-13/h2-4,6-8,14-15H,5,9-11H2,1H3/t14-,15-/m0/s1. The molecule has 1 saturated heterocycles. The molecule has 1 fully saturated rings. The van der Waals surface area contributed by atoms with E-state index in [0.29, 0.717) is 5.92 Å². The van der Waals surface area contributed by atoms with Crippen molar-refractivity contribution in [2.75, 3.05) is 6.54 Å². The van der Waals surface area contributed by atoms with E-state index in [1.165, 1.54) is 24.0 Å². The summed E-state index contributed by atoms with van der Waals surface area (Å²) in [6, 6.07) is 10.7. The molecule has 0 N–H and O–H groups in total. The van der Waals surface area contributed by atoms with E-state index in [0.717, 1.165) is 24.0 Å². The maximum Gasteiger partial charge on any atom is 0.0858 e. The molecular weight excluding hydrogens is 238 g/mol. The Morgan fingerprint density at radius 3 is 2.78 bits per heavy atom. The fraction of sp³-hybridized carbons (Fsp3) is 0.438. The van der Waals surface area contributed by atoms with Crippen molar-refractivity contribution >= 4 is 17.2 Å². The highest BCUT2D eigenvalue weighted by Crippen LogP contribution is 2.38. The van der Waals surface area contributed by atoms with E-state index in [1.807, 2.05) is 0 Å². The monoisotopic (exact) mass is 257 g/mol. The van der Waals surface area contributed by atoms with Gasteiger partial charge in [0.15, 0.2) is 0 Å². The third kappa shape index (κ3) is 2.10. The van der Waals surface area contributed by atoms with Crippen molar-refractivity contribution in [3.05, 3.63) is 47.5 Å². The van der Waals surface area contributed by atoms with E-state index in [4.69, 9.17) is 12.2 Å². The quantitative estimate of drug-likeness (QED) is 0.585. The van der Waals surface area contributed by atoms with Gasteiger partial charge in [0, 0.05) is 19.0 Å². The van der Waals surface area contributed by atoms with Gasteiger partial charge in [-0.15, -0.1) is 0 Å². The van der Waals surface area contributed by atoms with Gasteiger partial charge in [0.25, 0.3) is 0 Å². The Labute approximate surface area is 114 Å². The molecule has 1 aliphatic heterocycles. The Morgan fingerprint density at radius 2 is 2.06 bits per heavy atom. The van der Waals surface area contributed by atoms with Gasteiger partial charge >= 0.3 is 0 Å². The number of allylic oxidation sites excluding steroid dienone is 1. The van der Waals surface area contributed by atoms with Crippen molar-refractivity contribution in [2.45, 2.75) is 26.3 Å². The lowest BCUT2D eigenvalue weighted by Gasteiger charge is -2.23. The third-order valence-corrected chi connectivity index (χ3v) is 4.73. The number of nitrogens with zero attached hydrogens (tertiary/aromatic N) is 1. The van der Waals surface area contributed by atoms with Crippen molar-refractivity contribution < 1.29 is 0 Å². The molecule has 18 heavy (non-hydrogen) atoms. The number of thiocarbonyl (C=S) groups is 1. The molecule has 0 spiro atoms. The molecule has 3 rings (SSSR count). The van der Waals surface area contributed by atoms with Crippen LogP contribution in [0.1, 0.15) is 25.3 Å². The zero-order valence-corrected chi connectivity index (χ0v) is 11.6. The highest BCUT2D eigenvalue weighted by molar-refractivity contribution is 7.80. The molecule has 0 bridgehead atoms. The molecule has 1 aliphatic carbocycles. The molecular formula is C16H19NS. The van der Waals surface area contributed by atoms with Gasteiger partial charge in [-0.2, -0.15) is 0 Å². The van der Waals surface area contributed by atoms with Gasteiger partial charge in [-0.3, -0.25) is 0 Å². The maximum absolute atomic E-state index is 5.70. The molecule has 1 aromatic rings. The van der Waals surface area contributed by atoms with Gasteiger partial charge in [0.2, 0.25) is 0 Å². The van der Waals surface area contributed by atoms with Crippen molar-refractivity contribution in [1.29, 1.82) is 0 Å². The SMILES string of the molecule is CC1=CCC[C@H]2CN(Cc3ccccc3)C(=S)[C@@H]12. The minimum absolute atomic E-state index is 0.539. The van der Waals surface area contributed by atoms with Crippen LogP contribution in [0.15, 0.2) is 42.0 Å². The minimum atomic E-state index is 0.539. The van der Waals surface area contributed by atoms with Crippen molar-refractivity contribution in [1.82, 2.24) is 4.90 Å². The maximum atomic E-state index is 5.70. The number of hydrogen-bond donors (Lipinski definition) is 0. The van der Waals surface area contributed by atoms with Crippen LogP contribution in [-0.4, -0.2) is 16.4 Å². The Kier molecular flexibility index (Phi) is 3.21. The van der Waals surface area contributed by atoms with Crippen LogP contribution in [0.5, 0.6) is 0 Å². The second-order valence-corrected chi connectivity index (χ2v) is 5.89. The molecule has 2 heteroatoms. The van der Waals surface area contributed by atoms with Crippen LogP contribution in [0, 0.1) is 11.8 Å². The lowest BCUT2D eigenvalue weighted by Crippen LogP contribution is -2.25. The second kappa shape index (κ2) is 4.85. The van der Waals surface area contributed by atoms with Gasteiger partial charge in [-0.25, -0.2) is 0 Å². The molecule has 0 radical (unpaired) electrons. The Bertz CT molecular complexity index is 477. The van der Waals surface area contributed by atoms with Gasteiger partial charge < -0.3 is 4.90 Å². The summed E-state index contributed by atoms with van der Waals surface area (Å²) in [6.45, 7) is 4.36. The number of rotatable bonds is 2. The molecule has 1 nitrogen and oxygen atoms in total. The Balaban J connectivity index is 1.77. The van der Waals surface area contributed by atoms with E-state index < -0.39 is 0 Å². The van der Waals surface area contributed by atoms with Gasteiger partial charge in [0.05, 0.1) is 4.99 Å². The summed E-state index contributed by atoms with van der Waals surface area (Å²) in [5, 5.41) is 0. The van der Waals surface area contributed by atoms with Crippen molar-refractivity contribution in [3.8, 4) is 0 Å². The molecule has 0 saturated carbocycles. The molecule has 0 aromatic heterocycles. The normalized spacial score (nSPS) is 27.1. The Morgan fingerprint density at radius 1 is 1.28 bits per heavy atom. The largest absolute Gasteiger partial charge is 0.361 e. The highest BCUT2D eigenvalue weighted by Gasteiger charge is 2.38. The first-order valence-corrected chi connectivity index (χ1v) is 7.16. The first-order chi connectivity index (χ1) is 8.75. The Hall–Kier alpha value is -1.15. The number of fused-ring (bicyclic) bond motifs is 1. The van der Waals surface area contributed by atoms with Crippen LogP contribution in [0.2, 0.25) is 0 Å². The number of hydrogen-bond acceptors (Lipinski definition) is 1. The first kappa shape index (κ1) is 11.9. The zero-order chi connectivity index (χ0) is 12.5. The van der Waals surface area contributed by atoms with E-state index >= 15 is 0 Å². The third-order valence-electron chi connectivity index (χ3n) is 4.21. The lowest BCUT2D eigenvalue weighted by molar-refractivity contribution is 0.362. The van der Waals surface area contributed by atoms with Gasteiger partial charge in [-0.05, 0) is 31.2 Å². The fourth-order valence-corrected chi connectivity index (χ4v) is 3.82. The first-order valence-electron chi connectivity index (χ1n) is 6.75. The predicted molar refractivity (Wildman–Crippen MR) is 79.4 cm³/mol. The van der Waals surface area contributed by atoms with Crippen molar-refractivity contribution in [3.63, 3.8) is 0 Å². The van der Waals surface area contributed by atoms with Gasteiger partial charge in [-0.1, -0.05) is 54.2 Å². The number of likely N-dealkylation sites (tertiary alicyclic amines) is 1. The molecule has 1 heterocycles. The van der Waals surface area contributed by atoms with E-state index in [-0.39, 0.29) is 0 Å². The summed E-state index contributed by atoms with van der Waals surface area (Å²) in [7, 11) is 0. The van der Waals surface area contributed by atoms with Crippen LogP contribution >= 0.6 is 12.2 Å². The summed E-state index contributed by atoms with van der Waals surface area (Å²) in [5.41, 5.74) is 2.85. The molecule has 94 valence electrons. The molecule has 1 aromatic carbocycles. The van der Waals surface area contributed by atoms with E-state index in [9.17, 15) is 0 Å². The zero-order valence-electron chi connectivity index (χ0n) is 10.8. The highest BCUT2D eigenvalue weighted by atomic mass is 32.1. The fourth-order valence-electron chi connectivity index (χ4n) is 3.30. The van der Waals surface area contributed by atoms with E-state index in [1.54, 1.807) is 0 Å². The summed E-state index contributed by atoms with van der Waals surface area (Å²) >= 11 is 5.70. The van der Waals surface area contributed by atoms with Crippen LogP contribution in [0.4, 0.5) is 0 Å². The average Bonchev–Trinajstić information content (AvgIpc) is 2.69. The molecule has 0 amide bonds. The van der Waals surface area contributed by atoms with Crippen LogP contribution < -0.4 is 0 Å². The van der Waals surface area contributed by atoms with Crippen LogP contribution in [-0.2, 0) is 6.54 Å². The molecule has 0 unspecified atom stereocenters. The van der Waals surface area contributed by atoms with Gasteiger partial charge in [0.1, 0.15) is 0 Å².